The molecule has 1 aromatic heterocycles. The van der Waals surface area contributed by atoms with E-state index in [2.05, 4.69) is 14.9 Å². The third kappa shape index (κ3) is 2.27. The first-order chi connectivity index (χ1) is 8.84. The lowest BCUT2D eigenvalue weighted by atomic mass is 10.00. The number of likely N-dealkylation sites (tertiary alicyclic amines) is 1. The second kappa shape index (κ2) is 5.10. The van der Waals surface area contributed by atoms with Crippen LogP contribution < -0.4 is 5.32 Å². The number of carbonyl (C=O) groups is 1. The number of nitrogens with one attached hydrogen (secondary N) is 1. The second-order valence-electron chi connectivity index (χ2n) is 5.20. The molecule has 0 saturated carbocycles. The van der Waals surface area contributed by atoms with Crippen molar-refractivity contribution in [3.05, 3.63) is 18.2 Å². The maximum absolute atomic E-state index is 12.0. The Bertz CT molecular complexity index is 418. The van der Waals surface area contributed by atoms with E-state index in [-0.39, 0.29) is 0 Å². The van der Waals surface area contributed by atoms with E-state index in [9.17, 15) is 4.79 Å². The summed E-state index contributed by atoms with van der Waals surface area (Å²) < 4.78 is 2.14. The zero-order valence-corrected chi connectivity index (χ0v) is 10.6. The summed E-state index contributed by atoms with van der Waals surface area (Å²) in [6.07, 6.45) is 6.71. The zero-order chi connectivity index (χ0) is 12.4. The summed E-state index contributed by atoms with van der Waals surface area (Å²) in [6.45, 7) is 4.73. The van der Waals surface area contributed by atoms with Gasteiger partial charge >= 0.3 is 0 Å². The van der Waals surface area contributed by atoms with Crippen molar-refractivity contribution in [3.63, 3.8) is 0 Å². The van der Waals surface area contributed by atoms with Gasteiger partial charge in [-0.15, -0.1) is 0 Å². The van der Waals surface area contributed by atoms with Crippen molar-refractivity contribution in [3.8, 4) is 0 Å². The van der Waals surface area contributed by atoms with Crippen molar-refractivity contribution in [1.82, 2.24) is 19.8 Å². The van der Waals surface area contributed by atoms with E-state index in [4.69, 9.17) is 0 Å². The first-order valence-electron chi connectivity index (χ1n) is 6.83. The maximum atomic E-state index is 12.0. The van der Waals surface area contributed by atoms with Gasteiger partial charge in [-0.3, -0.25) is 4.79 Å². The predicted octanol–water partition coefficient (Wildman–Crippen LogP) is 0.582. The molecule has 0 bridgehead atoms. The molecule has 0 unspecified atom stereocenters. The maximum Gasteiger partial charge on any atom is 0.224 e. The van der Waals surface area contributed by atoms with Crippen molar-refractivity contribution in [2.75, 3.05) is 26.2 Å². The topological polar surface area (TPSA) is 50.2 Å². The molecule has 0 aliphatic carbocycles. The number of rotatable bonds is 4. The van der Waals surface area contributed by atoms with E-state index in [1.54, 1.807) is 0 Å². The zero-order valence-electron chi connectivity index (χ0n) is 10.6. The fraction of sp³-hybridized carbons (Fsp3) is 0.692. The van der Waals surface area contributed by atoms with Crippen LogP contribution in [-0.2, 0) is 11.3 Å². The molecule has 5 heteroatoms. The van der Waals surface area contributed by atoms with Crippen molar-refractivity contribution in [2.45, 2.75) is 31.7 Å². The van der Waals surface area contributed by atoms with Crippen molar-refractivity contribution in [1.29, 1.82) is 0 Å². The van der Waals surface area contributed by atoms with Gasteiger partial charge in [-0.05, 0) is 12.8 Å². The molecule has 2 saturated heterocycles. The number of aromatic nitrogens is 2. The molecule has 2 fully saturated rings. The highest BCUT2D eigenvalue weighted by Crippen LogP contribution is 2.19. The van der Waals surface area contributed by atoms with Gasteiger partial charge in [0.25, 0.3) is 0 Å². The van der Waals surface area contributed by atoms with Gasteiger partial charge < -0.3 is 14.8 Å². The number of aryl methyl sites for hydroxylation is 1. The minimum absolute atomic E-state index is 0.291. The summed E-state index contributed by atoms with van der Waals surface area (Å²) in [5.41, 5.74) is 1.27. The van der Waals surface area contributed by atoms with Gasteiger partial charge in [0.2, 0.25) is 5.91 Å². The van der Waals surface area contributed by atoms with E-state index in [1.807, 2.05) is 17.4 Å². The average molecular weight is 248 g/mol. The molecule has 0 radical (unpaired) electrons. The quantitative estimate of drug-likeness (QED) is 0.848. The summed E-state index contributed by atoms with van der Waals surface area (Å²) in [6, 6.07) is 0. The Labute approximate surface area is 107 Å². The largest absolute Gasteiger partial charge is 0.343 e. The van der Waals surface area contributed by atoms with Gasteiger partial charge in [-0.25, -0.2) is 4.98 Å². The van der Waals surface area contributed by atoms with Crippen LogP contribution in [-0.4, -0.2) is 46.5 Å². The van der Waals surface area contributed by atoms with Crippen LogP contribution in [0.4, 0.5) is 0 Å². The highest BCUT2D eigenvalue weighted by Gasteiger charge is 2.23. The fourth-order valence-corrected chi connectivity index (χ4v) is 2.70. The van der Waals surface area contributed by atoms with Crippen LogP contribution in [0.3, 0.4) is 0 Å². The normalized spacial score (nSPS) is 20.1. The molecule has 1 N–H and O–H groups in total. The summed E-state index contributed by atoms with van der Waals surface area (Å²) in [7, 11) is 0. The van der Waals surface area contributed by atoms with Gasteiger partial charge in [0, 0.05) is 57.0 Å². The van der Waals surface area contributed by atoms with E-state index >= 15 is 0 Å². The van der Waals surface area contributed by atoms with Gasteiger partial charge in [0.05, 0.1) is 6.33 Å². The van der Waals surface area contributed by atoms with Crippen molar-refractivity contribution in [2.24, 2.45) is 0 Å². The SMILES string of the molecule is O=C(CCn1cncc1C1CNC1)N1CCCC1. The Morgan fingerprint density at radius 3 is 2.83 bits per heavy atom. The monoisotopic (exact) mass is 248 g/mol. The number of amides is 1. The molecule has 3 heterocycles. The Hall–Kier alpha value is -1.36. The minimum atomic E-state index is 0.291. The molecule has 0 aromatic carbocycles. The summed E-state index contributed by atoms with van der Waals surface area (Å²) in [4.78, 5) is 18.2. The number of hydrogen-bond donors (Lipinski definition) is 1. The van der Waals surface area contributed by atoms with E-state index in [0.717, 1.165) is 45.6 Å². The molecule has 18 heavy (non-hydrogen) atoms. The summed E-state index contributed by atoms with van der Waals surface area (Å²) >= 11 is 0. The molecular formula is C13H20N4O. The first kappa shape index (κ1) is 11.7. The van der Waals surface area contributed by atoms with Gasteiger partial charge in [0.1, 0.15) is 0 Å². The van der Waals surface area contributed by atoms with Gasteiger partial charge in [0.15, 0.2) is 0 Å². The Kier molecular flexibility index (Phi) is 3.32. The van der Waals surface area contributed by atoms with E-state index < -0.39 is 0 Å². The van der Waals surface area contributed by atoms with E-state index in [1.165, 1.54) is 5.69 Å². The molecule has 2 aliphatic rings. The molecule has 98 valence electrons. The smallest absolute Gasteiger partial charge is 0.224 e. The summed E-state index contributed by atoms with van der Waals surface area (Å²) in [5.74, 6) is 0.869. The fourth-order valence-electron chi connectivity index (χ4n) is 2.70. The molecule has 2 aliphatic heterocycles. The number of carbonyl (C=O) groups excluding carboxylic acids is 1. The van der Waals surface area contributed by atoms with Crippen LogP contribution in [0.25, 0.3) is 0 Å². The lowest BCUT2D eigenvalue weighted by Crippen LogP contribution is -2.41. The number of nitrogens with zero attached hydrogens (tertiary/aromatic N) is 3. The van der Waals surface area contributed by atoms with Crippen LogP contribution in [0.5, 0.6) is 0 Å². The number of imidazole rings is 1. The third-order valence-corrected chi connectivity index (χ3v) is 3.97. The molecule has 3 rings (SSSR count). The Morgan fingerprint density at radius 1 is 1.39 bits per heavy atom. The molecular weight excluding hydrogens is 228 g/mol. The molecule has 1 amide bonds. The highest BCUT2D eigenvalue weighted by molar-refractivity contribution is 5.76. The van der Waals surface area contributed by atoms with Crippen molar-refractivity contribution < 1.29 is 4.79 Å². The highest BCUT2D eigenvalue weighted by atomic mass is 16.2. The first-order valence-corrected chi connectivity index (χ1v) is 6.83. The predicted molar refractivity (Wildman–Crippen MR) is 68.3 cm³/mol. The van der Waals surface area contributed by atoms with Crippen LogP contribution in [0.2, 0.25) is 0 Å². The standard InChI is InChI=1S/C13H20N4O/c18-13(16-4-1-2-5-16)3-6-17-10-15-9-12(17)11-7-14-8-11/h9-11,14H,1-8H2. The average Bonchev–Trinajstić information content (AvgIpc) is 2.95. The molecule has 1 aromatic rings. The second-order valence-corrected chi connectivity index (χ2v) is 5.20. The van der Waals surface area contributed by atoms with E-state index in [0.29, 0.717) is 18.2 Å². The molecule has 0 atom stereocenters. The van der Waals surface area contributed by atoms with Crippen LogP contribution in [0, 0.1) is 0 Å². The third-order valence-electron chi connectivity index (χ3n) is 3.97. The van der Waals surface area contributed by atoms with Crippen molar-refractivity contribution >= 4 is 5.91 Å². The Balaban J connectivity index is 1.56. The lowest BCUT2D eigenvalue weighted by Gasteiger charge is -2.28. The van der Waals surface area contributed by atoms with Crippen LogP contribution in [0.1, 0.15) is 30.9 Å². The number of hydrogen-bond acceptors (Lipinski definition) is 3. The molecule has 5 nitrogen and oxygen atoms in total. The lowest BCUT2D eigenvalue weighted by molar-refractivity contribution is -0.130. The minimum Gasteiger partial charge on any atom is -0.343 e. The Morgan fingerprint density at radius 2 is 2.17 bits per heavy atom. The van der Waals surface area contributed by atoms with Gasteiger partial charge in [-0.1, -0.05) is 0 Å². The summed E-state index contributed by atoms with van der Waals surface area (Å²) in [5, 5.41) is 3.27. The molecule has 0 spiro atoms. The van der Waals surface area contributed by atoms with Crippen LogP contribution >= 0.6 is 0 Å². The van der Waals surface area contributed by atoms with Crippen LogP contribution in [0.15, 0.2) is 12.5 Å². The van der Waals surface area contributed by atoms with Gasteiger partial charge in [-0.2, -0.15) is 0 Å².